The van der Waals surface area contributed by atoms with Crippen molar-refractivity contribution in [3.8, 4) is 23.0 Å². The molecule has 29 heavy (non-hydrogen) atoms. The summed E-state index contributed by atoms with van der Waals surface area (Å²) >= 11 is 0. The van der Waals surface area contributed by atoms with Gasteiger partial charge in [-0.15, -0.1) is 10.2 Å². The number of piperidine rings is 1. The van der Waals surface area contributed by atoms with Gasteiger partial charge in [0.1, 0.15) is 22.7 Å². The summed E-state index contributed by atoms with van der Waals surface area (Å²) in [7, 11) is -0.737. The fourth-order valence-electron chi connectivity index (χ4n) is 3.37. The largest absolute Gasteiger partial charge is 0.497 e. The van der Waals surface area contributed by atoms with Crippen molar-refractivity contribution in [2.45, 2.75) is 23.7 Å². The van der Waals surface area contributed by atoms with Crippen molar-refractivity contribution in [3.63, 3.8) is 0 Å². The lowest BCUT2D eigenvalue weighted by molar-refractivity contribution is 0.290. The molecule has 154 valence electrons. The van der Waals surface area contributed by atoms with Gasteiger partial charge in [0.15, 0.2) is 0 Å². The molecule has 1 aliphatic heterocycles. The maximum Gasteiger partial charge on any atom is 0.250 e. The van der Waals surface area contributed by atoms with E-state index in [4.69, 9.17) is 18.3 Å². The third-order valence-electron chi connectivity index (χ3n) is 5.00. The van der Waals surface area contributed by atoms with Gasteiger partial charge in [-0.05, 0) is 31.0 Å². The quantitative estimate of drug-likeness (QED) is 0.600. The van der Waals surface area contributed by atoms with E-state index in [0.29, 0.717) is 43.5 Å². The standard InChI is InChI=1S/C19H21N3O6S/c1-25-15-3-4-17(16(11-15)26-2)29(23,24)22-8-5-13(6-9-22)18-20-21-19(28-18)14-7-10-27-12-14/h3-4,7,10-13H,5-6,8-9H2,1-2H3. The van der Waals surface area contributed by atoms with Crippen molar-refractivity contribution >= 4 is 10.0 Å². The highest BCUT2D eigenvalue weighted by Gasteiger charge is 2.33. The number of rotatable bonds is 6. The zero-order chi connectivity index (χ0) is 20.4. The lowest BCUT2D eigenvalue weighted by atomic mass is 9.98. The number of sulfonamides is 1. The van der Waals surface area contributed by atoms with Crippen molar-refractivity contribution in [1.82, 2.24) is 14.5 Å². The fraction of sp³-hybridized carbons (Fsp3) is 0.368. The molecule has 9 nitrogen and oxygen atoms in total. The van der Waals surface area contributed by atoms with E-state index in [-0.39, 0.29) is 16.6 Å². The lowest BCUT2D eigenvalue weighted by Crippen LogP contribution is -2.38. The molecule has 0 atom stereocenters. The highest BCUT2D eigenvalue weighted by atomic mass is 32.2. The predicted molar refractivity (Wildman–Crippen MR) is 102 cm³/mol. The first-order valence-corrected chi connectivity index (χ1v) is 10.5. The Hall–Kier alpha value is -2.85. The Labute approximate surface area is 168 Å². The second-order valence-electron chi connectivity index (χ2n) is 6.65. The van der Waals surface area contributed by atoms with E-state index in [0.717, 1.165) is 5.56 Å². The smallest absolute Gasteiger partial charge is 0.250 e. The van der Waals surface area contributed by atoms with Crippen LogP contribution in [0.2, 0.25) is 0 Å². The maximum absolute atomic E-state index is 13.1. The van der Waals surface area contributed by atoms with Crippen molar-refractivity contribution in [2.75, 3.05) is 27.3 Å². The molecule has 0 aliphatic carbocycles. The minimum Gasteiger partial charge on any atom is -0.497 e. The Bertz CT molecular complexity index is 1070. The molecule has 4 rings (SSSR count). The van der Waals surface area contributed by atoms with Crippen molar-refractivity contribution in [3.05, 3.63) is 42.7 Å². The Morgan fingerprint density at radius 2 is 1.90 bits per heavy atom. The molecular formula is C19H21N3O6S. The molecule has 0 spiro atoms. The number of furan rings is 1. The third-order valence-corrected chi connectivity index (χ3v) is 6.94. The highest BCUT2D eigenvalue weighted by Crippen LogP contribution is 2.35. The van der Waals surface area contributed by atoms with Gasteiger partial charge in [-0.25, -0.2) is 8.42 Å². The van der Waals surface area contributed by atoms with Gasteiger partial charge in [-0.3, -0.25) is 0 Å². The van der Waals surface area contributed by atoms with Gasteiger partial charge in [0, 0.05) is 25.1 Å². The number of hydrogen-bond donors (Lipinski definition) is 0. The summed E-state index contributed by atoms with van der Waals surface area (Å²) in [4.78, 5) is 0.124. The fourth-order valence-corrected chi connectivity index (χ4v) is 4.98. The summed E-state index contributed by atoms with van der Waals surface area (Å²) in [5.74, 6) is 1.71. The minimum absolute atomic E-state index is 0.00682. The first-order chi connectivity index (χ1) is 14.0. The van der Waals surface area contributed by atoms with Crippen LogP contribution in [0.3, 0.4) is 0 Å². The van der Waals surface area contributed by atoms with Gasteiger partial charge in [-0.2, -0.15) is 4.31 Å². The Balaban J connectivity index is 1.48. The number of methoxy groups -OCH3 is 2. The van der Waals surface area contributed by atoms with Crippen LogP contribution in [-0.4, -0.2) is 50.2 Å². The summed E-state index contributed by atoms with van der Waals surface area (Å²) < 4.78 is 48.9. The molecular weight excluding hydrogens is 398 g/mol. The lowest BCUT2D eigenvalue weighted by Gasteiger charge is -2.30. The second kappa shape index (κ2) is 7.88. The SMILES string of the molecule is COc1ccc(S(=O)(=O)N2CCC(c3nnc(-c4ccoc4)o3)CC2)c(OC)c1. The van der Waals surface area contributed by atoms with Gasteiger partial charge in [0.25, 0.3) is 5.89 Å². The van der Waals surface area contributed by atoms with Crippen LogP contribution >= 0.6 is 0 Å². The number of aromatic nitrogens is 2. The Kier molecular flexibility index (Phi) is 5.29. The van der Waals surface area contributed by atoms with Crippen LogP contribution in [0.1, 0.15) is 24.7 Å². The van der Waals surface area contributed by atoms with Crippen LogP contribution < -0.4 is 9.47 Å². The highest BCUT2D eigenvalue weighted by molar-refractivity contribution is 7.89. The van der Waals surface area contributed by atoms with Crippen LogP contribution in [0.15, 0.2) is 50.5 Å². The van der Waals surface area contributed by atoms with Crippen LogP contribution in [0.5, 0.6) is 11.5 Å². The number of benzene rings is 1. The summed E-state index contributed by atoms with van der Waals surface area (Å²) in [6, 6.07) is 6.43. The van der Waals surface area contributed by atoms with E-state index in [1.165, 1.54) is 37.1 Å². The summed E-state index contributed by atoms with van der Waals surface area (Å²) in [5.41, 5.74) is 0.718. The maximum atomic E-state index is 13.1. The van der Waals surface area contributed by atoms with Gasteiger partial charge in [0.05, 0.1) is 26.0 Å². The van der Waals surface area contributed by atoms with E-state index in [2.05, 4.69) is 10.2 Å². The number of hydrogen-bond acceptors (Lipinski definition) is 8. The molecule has 3 aromatic rings. The molecule has 0 amide bonds. The molecule has 0 unspecified atom stereocenters. The summed E-state index contributed by atoms with van der Waals surface area (Å²) in [6.45, 7) is 0.706. The first kappa shape index (κ1) is 19.5. The molecule has 1 fully saturated rings. The molecule has 3 heterocycles. The van der Waals surface area contributed by atoms with Crippen LogP contribution in [0.4, 0.5) is 0 Å². The Morgan fingerprint density at radius 1 is 1.10 bits per heavy atom. The molecule has 0 radical (unpaired) electrons. The molecule has 1 aliphatic rings. The Morgan fingerprint density at radius 3 is 2.55 bits per heavy atom. The van der Waals surface area contributed by atoms with Crippen molar-refractivity contribution < 1.29 is 26.7 Å². The summed E-state index contributed by atoms with van der Waals surface area (Å²) in [6.07, 6.45) is 4.25. The van der Waals surface area contributed by atoms with Crippen LogP contribution in [0, 0.1) is 0 Å². The van der Waals surface area contributed by atoms with Gasteiger partial charge in [0.2, 0.25) is 15.9 Å². The molecule has 2 aromatic heterocycles. The topological polar surface area (TPSA) is 108 Å². The van der Waals surface area contributed by atoms with Crippen molar-refractivity contribution in [1.29, 1.82) is 0 Å². The molecule has 0 N–H and O–H groups in total. The zero-order valence-corrected chi connectivity index (χ0v) is 16.9. The van der Waals surface area contributed by atoms with E-state index in [9.17, 15) is 8.42 Å². The van der Waals surface area contributed by atoms with E-state index in [1.807, 2.05) is 0 Å². The monoisotopic (exact) mass is 419 g/mol. The van der Waals surface area contributed by atoms with Gasteiger partial charge < -0.3 is 18.3 Å². The molecule has 1 aromatic carbocycles. The number of ether oxygens (including phenoxy) is 2. The first-order valence-electron chi connectivity index (χ1n) is 9.11. The van der Waals surface area contributed by atoms with Gasteiger partial charge in [-0.1, -0.05) is 0 Å². The van der Waals surface area contributed by atoms with E-state index < -0.39 is 10.0 Å². The molecule has 1 saturated heterocycles. The van der Waals surface area contributed by atoms with E-state index in [1.54, 1.807) is 18.2 Å². The van der Waals surface area contributed by atoms with Gasteiger partial charge >= 0.3 is 0 Å². The average Bonchev–Trinajstić information content (AvgIpc) is 3.45. The second-order valence-corrected chi connectivity index (χ2v) is 8.56. The molecule has 0 saturated carbocycles. The number of nitrogens with zero attached hydrogens (tertiary/aromatic N) is 3. The van der Waals surface area contributed by atoms with E-state index >= 15 is 0 Å². The van der Waals surface area contributed by atoms with Crippen LogP contribution in [0.25, 0.3) is 11.5 Å². The minimum atomic E-state index is -3.69. The molecule has 0 bridgehead atoms. The van der Waals surface area contributed by atoms with Crippen LogP contribution in [-0.2, 0) is 10.0 Å². The summed E-state index contributed by atoms with van der Waals surface area (Å²) in [5, 5.41) is 8.18. The normalized spacial score (nSPS) is 16.1. The third kappa shape index (κ3) is 3.73. The zero-order valence-electron chi connectivity index (χ0n) is 16.1. The predicted octanol–water partition coefficient (Wildman–Crippen LogP) is 2.92. The average molecular weight is 419 g/mol. The molecule has 10 heteroatoms. The van der Waals surface area contributed by atoms with Crippen molar-refractivity contribution in [2.24, 2.45) is 0 Å².